The Morgan fingerprint density at radius 1 is 1.26 bits per heavy atom. The van der Waals surface area contributed by atoms with Gasteiger partial charge in [0.1, 0.15) is 0 Å². The van der Waals surface area contributed by atoms with E-state index in [1.807, 2.05) is 24.0 Å². The number of aromatic amines is 1. The third-order valence-corrected chi connectivity index (χ3v) is 5.11. The molecule has 1 saturated heterocycles. The van der Waals surface area contributed by atoms with Crippen molar-refractivity contribution in [3.05, 3.63) is 47.3 Å². The average Bonchev–Trinajstić information content (AvgIpc) is 3.14. The predicted octanol–water partition coefficient (Wildman–Crippen LogP) is 3.41. The Morgan fingerprint density at radius 3 is 2.67 bits per heavy atom. The number of amides is 2. The molecule has 1 aliphatic rings. The van der Waals surface area contributed by atoms with Gasteiger partial charge in [0.05, 0.1) is 6.20 Å². The first-order valence-corrected chi connectivity index (χ1v) is 9.59. The molecule has 144 valence electrons. The molecule has 27 heavy (non-hydrogen) atoms. The highest BCUT2D eigenvalue weighted by molar-refractivity contribution is 5.97. The minimum Gasteiger partial charge on any atom is -0.338 e. The molecule has 0 bridgehead atoms. The summed E-state index contributed by atoms with van der Waals surface area (Å²) in [7, 11) is 0. The number of H-pyrrole nitrogens is 1. The van der Waals surface area contributed by atoms with Crippen molar-refractivity contribution >= 4 is 17.5 Å². The third kappa shape index (κ3) is 4.96. The minimum atomic E-state index is -0.0656. The van der Waals surface area contributed by atoms with Gasteiger partial charge in [-0.25, -0.2) is 0 Å². The van der Waals surface area contributed by atoms with Gasteiger partial charge in [-0.2, -0.15) is 5.10 Å². The lowest BCUT2D eigenvalue weighted by Crippen LogP contribution is -2.42. The second-order valence-electron chi connectivity index (χ2n) is 7.84. The summed E-state index contributed by atoms with van der Waals surface area (Å²) in [5.41, 5.74) is 3.28. The van der Waals surface area contributed by atoms with Crippen molar-refractivity contribution in [2.24, 2.45) is 11.8 Å². The second-order valence-corrected chi connectivity index (χ2v) is 7.84. The van der Waals surface area contributed by atoms with E-state index in [2.05, 4.69) is 29.4 Å². The van der Waals surface area contributed by atoms with Crippen LogP contribution in [0.5, 0.6) is 0 Å². The van der Waals surface area contributed by atoms with E-state index in [1.54, 1.807) is 18.5 Å². The zero-order valence-corrected chi connectivity index (χ0v) is 16.3. The first-order chi connectivity index (χ1) is 12.9. The molecule has 2 unspecified atom stereocenters. The lowest BCUT2D eigenvalue weighted by atomic mass is 9.91. The van der Waals surface area contributed by atoms with Crippen LogP contribution in [0.1, 0.15) is 48.2 Å². The van der Waals surface area contributed by atoms with Gasteiger partial charge in [0, 0.05) is 37.0 Å². The number of aryl methyl sites for hydroxylation is 2. The largest absolute Gasteiger partial charge is 0.338 e. The molecule has 0 saturated carbocycles. The van der Waals surface area contributed by atoms with E-state index >= 15 is 0 Å². The van der Waals surface area contributed by atoms with Crippen LogP contribution in [-0.2, 0) is 11.2 Å². The Bertz CT molecular complexity index is 791. The van der Waals surface area contributed by atoms with Crippen molar-refractivity contribution in [2.45, 2.75) is 40.0 Å². The number of hydrogen-bond donors (Lipinski definition) is 2. The minimum absolute atomic E-state index is 0.0438. The molecule has 1 fully saturated rings. The van der Waals surface area contributed by atoms with Gasteiger partial charge < -0.3 is 10.2 Å². The van der Waals surface area contributed by atoms with Crippen LogP contribution in [0.3, 0.4) is 0 Å². The molecule has 1 aromatic heterocycles. The van der Waals surface area contributed by atoms with Gasteiger partial charge in [0.15, 0.2) is 0 Å². The number of benzene rings is 1. The lowest BCUT2D eigenvalue weighted by Gasteiger charge is -2.35. The van der Waals surface area contributed by atoms with Crippen molar-refractivity contribution in [3.8, 4) is 0 Å². The quantitative estimate of drug-likeness (QED) is 0.849. The summed E-state index contributed by atoms with van der Waals surface area (Å²) in [6, 6.07) is 5.55. The number of carbonyl (C=O) groups is 2. The van der Waals surface area contributed by atoms with Gasteiger partial charge in [-0.05, 0) is 54.9 Å². The summed E-state index contributed by atoms with van der Waals surface area (Å²) < 4.78 is 0. The first-order valence-electron chi connectivity index (χ1n) is 9.59. The van der Waals surface area contributed by atoms with Crippen LogP contribution >= 0.6 is 0 Å². The number of likely N-dealkylation sites (tertiary alicyclic amines) is 1. The lowest BCUT2D eigenvalue weighted by molar-refractivity contribution is -0.116. The van der Waals surface area contributed by atoms with Gasteiger partial charge in [-0.1, -0.05) is 19.9 Å². The summed E-state index contributed by atoms with van der Waals surface area (Å²) in [5, 5.41) is 9.58. The van der Waals surface area contributed by atoms with Crippen molar-refractivity contribution < 1.29 is 9.59 Å². The summed E-state index contributed by atoms with van der Waals surface area (Å²) in [6.45, 7) is 7.91. The van der Waals surface area contributed by atoms with Gasteiger partial charge in [-0.3, -0.25) is 14.7 Å². The number of rotatable bonds is 5. The SMILES string of the molecule is Cc1ccc(C(=O)N2CC(C)CC(C)C2)cc1NC(=O)CCc1cn[nH]c1. The van der Waals surface area contributed by atoms with Crippen molar-refractivity contribution in [3.63, 3.8) is 0 Å². The highest BCUT2D eigenvalue weighted by Crippen LogP contribution is 2.24. The van der Waals surface area contributed by atoms with Gasteiger partial charge in [0.25, 0.3) is 5.91 Å². The standard InChI is InChI=1S/C21H28N4O2/c1-14-8-15(2)13-25(12-14)21(27)18-6-4-16(3)19(9-18)24-20(26)7-5-17-10-22-23-11-17/h4,6,9-11,14-15H,5,7-8,12-13H2,1-3H3,(H,22,23)(H,24,26). The van der Waals surface area contributed by atoms with Crippen molar-refractivity contribution in [1.82, 2.24) is 15.1 Å². The maximum atomic E-state index is 12.9. The Morgan fingerprint density at radius 2 is 2.00 bits per heavy atom. The van der Waals surface area contributed by atoms with Crippen LogP contribution in [-0.4, -0.2) is 40.0 Å². The smallest absolute Gasteiger partial charge is 0.253 e. The zero-order chi connectivity index (χ0) is 19.4. The van der Waals surface area contributed by atoms with E-state index in [0.717, 1.165) is 30.6 Å². The molecule has 6 nitrogen and oxygen atoms in total. The van der Waals surface area contributed by atoms with Gasteiger partial charge in [-0.15, -0.1) is 0 Å². The third-order valence-electron chi connectivity index (χ3n) is 5.11. The molecule has 2 N–H and O–H groups in total. The maximum Gasteiger partial charge on any atom is 0.253 e. The van der Waals surface area contributed by atoms with E-state index in [-0.39, 0.29) is 11.8 Å². The van der Waals surface area contributed by atoms with Crippen molar-refractivity contribution in [1.29, 1.82) is 0 Å². The Hall–Kier alpha value is -2.63. The van der Waals surface area contributed by atoms with E-state index in [9.17, 15) is 9.59 Å². The maximum absolute atomic E-state index is 12.9. The van der Waals surface area contributed by atoms with Gasteiger partial charge >= 0.3 is 0 Å². The molecular weight excluding hydrogens is 340 g/mol. The zero-order valence-electron chi connectivity index (χ0n) is 16.3. The fourth-order valence-electron chi connectivity index (χ4n) is 3.79. The molecular formula is C21H28N4O2. The summed E-state index contributed by atoms with van der Waals surface area (Å²) in [4.78, 5) is 27.2. The number of anilines is 1. The second kappa shape index (κ2) is 8.37. The van der Waals surface area contributed by atoms with E-state index < -0.39 is 0 Å². The Labute approximate surface area is 160 Å². The average molecular weight is 368 g/mol. The molecule has 0 radical (unpaired) electrons. The molecule has 3 rings (SSSR count). The summed E-state index contributed by atoms with van der Waals surface area (Å²) in [6.07, 6.45) is 5.67. The first kappa shape index (κ1) is 19.1. The fourth-order valence-corrected chi connectivity index (χ4v) is 3.79. The fraction of sp³-hybridized carbons (Fsp3) is 0.476. The molecule has 2 atom stereocenters. The molecule has 2 amide bonds. The highest BCUT2D eigenvalue weighted by Gasteiger charge is 2.26. The van der Waals surface area contributed by atoms with Crippen LogP contribution in [0.15, 0.2) is 30.6 Å². The molecule has 1 aromatic carbocycles. The van der Waals surface area contributed by atoms with Crippen LogP contribution in [0, 0.1) is 18.8 Å². The Kier molecular flexibility index (Phi) is 5.94. The molecule has 6 heteroatoms. The molecule has 1 aliphatic heterocycles. The number of nitrogens with one attached hydrogen (secondary N) is 2. The monoisotopic (exact) mass is 368 g/mol. The predicted molar refractivity (Wildman–Crippen MR) is 106 cm³/mol. The molecule has 0 aliphatic carbocycles. The number of carbonyl (C=O) groups excluding carboxylic acids is 2. The molecule has 0 spiro atoms. The molecule has 2 aromatic rings. The highest BCUT2D eigenvalue weighted by atomic mass is 16.2. The van der Waals surface area contributed by atoms with Crippen LogP contribution in [0.4, 0.5) is 5.69 Å². The molecule has 2 heterocycles. The van der Waals surface area contributed by atoms with E-state index in [1.165, 1.54) is 0 Å². The van der Waals surface area contributed by atoms with E-state index in [0.29, 0.717) is 35.9 Å². The number of hydrogen-bond acceptors (Lipinski definition) is 3. The topological polar surface area (TPSA) is 78.1 Å². The van der Waals surface area contributed by atoms with Gasteiger partial charge in [0.2, 0.25) is 5.91 Å². The van der Waals surface area contributed by atoms with E-state index in [4.69, 9.17) is 0 Å². The number of aromatic nitrogens is 2. The normalized spacial score (nSPS) is 19.7. The van der Waals surface area contributed by atoms with Crippen LogP contribution < -0.4 is 5.32 Å². The van der Waals surface area contributed by atoms with Crippen LogP contribution in [0.25, 0.3) is 0 Å². The van der Waals surface area contributed by atoms with Crippen molar-refractivity contribution in [2.75, 3.05) is 18.4 Å². The Balaban J connectivity index is 1.66. The van der Waals surface area contributed by atoms with Crippen LogP contribution in [0.2, 0.25) is 0 Å². The number of nitrogens with zero attached hydrogens (tertiary/aromatic N) is 2. The number of piperidine rings is 1. The summed E-state index contributed by atoms with van der Waals surface area (Å²) >= 11 is 0. The summed E-state index contributed by atoms with van der Waals surface area (Å²) in [5.74, 6) is 1.02.